The van der Waals surface area contributed by atoms with E-state index in [9.17, 15) is 0 Å². The van der Waals surface area contributed by atoms with Gasteiger partial charge in [-0.15, -0.1) is 22.4 Å². The first-order valence-electron chi connectivity index (χ1n) is 1.39. The van der Waals surface area contributed by atoms with Gasteiger partial charge in [-0.05, 0) is 0 Å². The monoisotopic (exact) mass is 254 g/mol. The van der Waals surface area contributed by atoms with Crippen molar-refractivity contribution in [3.05, 3.63) is 0 Å². The third-order valence-electron chi connectivity index (χ3n) is 0.269. The molecule has 6 heavy (non-hydrogen) atoms. The van der Waals surface area contributed by atoms with Gasteiger partial charge in [0.15, 0.2) is 0 Å². The molecule has 0 aliphatic heterocycles. The summed E-state index contributed by atoms with van der Waals surface area (Å²) in [6.07, 6.45) is 0. The minimum absolute atomic E-state index is 0.418. The van der Waals surface area contributed by atoms with E-state index in [1.807, 2.05) is 6.82 Å². The normalized spacial score (nSPS) is 9.50. The Morgan fingerprint density at radius 1 is 1.67 bits per heavy atom. The number of hydrogen-bond donors (Lipinski definition) is 0. The predicted octanol–water partition coefficient (Wildman–Crippen LogP) is 3.33. The SMILES string of the molecule is CB(I)P(Cl)Cl. The van der Waals surface area contributed by atoms with E-state index >= 15 is 0 Å². The van der Waals surface area contributed by atoms with Gasteiger partial charge in [-0.3, -0.25) is 0 Å². The first-order chi connectivity index (χ1) is 2.64. The molecule has 0 rings (SSSR count). The molecule has 0 heterocycles. The molecule has 0 amide bonds. The van der Waals surface area contributed by atoms with Crippen molar-refractivity contribution in [2.24, 2.45) is 0 Å². The van der Waals surface area contributed by atoms with E-state index in [-0.39, 0.29) is 0 Å². The van der Waals surface area contributed by atoms with Gasteiger partial charge >= 0.3 is 0 Å². The van der Waals surface area contributed by atoms with Crippen molar-refractivity contribution in [3.8, 4) is 0 Å². The highest BCUT2D eigenvalue weighted by molar-refractivity contribution is 14.1. The Hall–Kier alpha value is 1.80. The van der Waals surface area contributed by atoms with Crippen LogP contribution in [0.25, 0.3) is 0 Å². The summed E-state index contributed by atoms with van der Waals surface area (Å²) >= 11 is 13.1. The Labute approximate surface area is 62.2 Å². The predicted molar refractivity (Wildman–Crippen MR) is 44.3 cm³/mol. The van der Waals surface area contributed by atoms with Gasteiger partial charge in [0.2, 0.25) is 0 Å². The Balaban J connectivity index is 2.99. The van der Waals surface area contributed by atoms with Crippen LogP contribution in [0.1, 0.15) is 0 Å². The molecule has 0 aromatic heterocycles. The zero-order valence-corrected chi connectivity index (χ0v) is 7.72. The molecule has 0 unspecified atom stereocenters. The molecule has 0 spiro atoms. The summed E-state index contributed by atoms with van der Waals surface area (Å²) in [6.45, 7) is 1.26. The molecule has 0 aliphatic carbocycles. The van der Waals surface area contributed by atoms with Crippen molar-refractivity contribution in [2.75, 3.05) is 0 Å². The highest BCUT2D eigenvalue weighted by atomic mass is 127. The van der Waals surface area contributed by atoms with Crippen LogP contribution in [0.3, 0.4) is 0 Å². The Bertz CT molecular complexity index is 34.5. The molecule has 0 radical (unpaired) electrons. The smallest absolute Gasteiger partial charge is 0.140 e. The van der Waals surface area contributed by atoms with Gasteiger partial charge in [0.05, 0.1) is 6.51 Å². The summed E-state index contributed by atoms with van der Waals surface area (Å²) in [5.74, 6) is 0. The van der Waals surface area contributed by atoms with Crippen LogP contribution in [0, 0.1) is 0 Å². The fourth-order valence-corrected chi connectivity index (χ4v) is 0. The molecular formula is CH3BCl2IP. The Kier molecular flexibility index (Phi) is 4.90. The van der Waals surface area contributed by atoms with Crippen LogP contribution in [0.4, 0.5) is 0 Å². The van der Waals surface area contributed by atoms with E-state index in [4.69, 9.17) is 22.5 Å². The second-order valence-electron chi connectivity index (χ2n) is 0.833. The summed E-state index contributed by atoms with van der Waals surface area (Å²) in [7, 11) is 0. The summed E-state index contributed by atoms with van der Waals surface area (Å²) in [6, 6.07) is 0. The first-order valence-corrected chi connectivity index (χ1v) is 5.86. The van der Waals surface area contributed by atoms with Crippen LogP contribution < -0.4 is 0 Å². The van der Waals surface area contributed by atoms with E-state index in [2.05, 4.69) is 22.4 Å². The van der Waals surface area contributed by atoms with Gasteiger partial charge in [0.1, 0.15) is 0 Å². The average Bonchev–Trinajstić information content (AvgIpc) is 1.36. The quantitative estimate of drug-likeness (QED) is 0.383. The maximum absolute atomic E-state index is 5.44. The Morgan fingerprint density at radius 2 is 1.83 bits per heavy atom. The minimum Gasteiger partial charge on any atom is -0.140 e. The van der Waals surface area contributed by atoms with Crippen LogP contribution in [0.15, 0.2) is 0 Å². The molecule has 0 saturated carbocycles. The number of halogens is 3. The molecule has 0 nitrogen and oxygen atoms in total. The van der Waals surface area contributed by atoms with Gasteiger partial charge in [-0.1, -0.05) is 29.3 Å². The van der Waals surface area contributed by atoms with E-state index < -0.39 is 6.51 Å². The lowest BCUT2D eigenvalue weighted by atomic mass is 10.2. The van der Waals surface area contributed by atoms with Crippen molar-refractivity contribution < 1.29 is 0 Å². The van der Waals surface area contributed by atoms with Crippen LogP contribution in [-0.2, 0) is 0 Å². The van der Waals surface area contributed by atoms with E-state index in [0.717, 1.165) is 0 Å². The molecule has 36 valence electrons. The van der Waals surface area contributed by atoms with Crippen LogP contribution in [0.2, 0.25) is 6.82 Å². The highest BCUT2D eigenvalue weighted by Crippen LogP contribution is 2.51. The van der Waals surface area contributed by atoms with Crippen molar-refractivity contribution >= 4 is 55.7 Å². The highest BCUT2D eigenvalue weighted by Gasteiger charge is 2.09. The third-order valence-corrected chi connectivity index (χ3v) is 6.21. The van der Waals surface area contributed by atoms with Gasteiger partial charge < -0.3 is 0 Å². The van der Waals surface area contributed by atoms with Crippen molar-refractivity contribution in [1.82, 2.24) is 0 Å². The summed E-state index contributed by atoms with van der Waals surface area (Å²) < 4.78 is 0.418. The van der Waals surface area contributed by atoms with Crippen molar-refractivity contribution in [3.63, 3.8) is 0 Å². The molecular weight excluding hydrogens is 252 g/mol. The maximum atomic E-state index is 5.44. The van der Waals surface area contributed by atoms with Gasteiger partial charge in [0, 0.05) is 0 Å². The largest absolute Gasteiger partial charge is 0.279 e. The lowest BCUT2D eigenvalue weighted by Crippen LogP contribution is -1.79. The van der Waals surface area contributed by atoms with E-state index in [0.29, 0.717) is 4.29 Å². The molecule has 0 atom stereocenters. The number of rotatable bonds is 1. The fraction of sp³-hybridized carbons (Fsp3) is 1.00. The molecule has 0 aromatic carbocycles. The second-order valence-corrected chi connectivity index (χ2v) is 7.68. The lowest BCUT2D eigenvalue weighted by Gasteiger charge is -1.93. The summed E-state index contributed by atoms with van der Waals surface area (Å²) in [5.41, 5.74) is 0. The van der Waals surface area contributed by atoms with E-state index in [1.54, 1.807) is 0 Å². The molecule has 5 heteroatoms. The zero-order valence-electron chi connectivity index (χ0n) is 3.16. The Morgan fingerprint density at radius 3 is 1.83 bits per heavy atom. The second kappa shape index (κ2) is 3.76. The van der Waals surface area contributed by atoms with Gasteiger partial charge in [0.25, 0.3) is 4.29 Å². The topological polar surface area (TPSA) is 0 Å². The van der Waals surface area contributed by atoms with Crippen molar-refractivity contribution in [2.45, 2.75) is 6.82 Å². The summed E-state index contributed by atoms with van der Waals surface area (Å²) in [5, 5.41) is 0. The van der Waals surface area contributed by atoms with Gasteiger partial charge in [-0.25, -0.2) is 0 Å². The average molecular weight is 255 g/mol. The van der Waals surface area contributed by atoms with Crippen LogP contribution >= 0.6 is 51.4 Å². The molecule has 0 bridgehead atoms. The minimum atomic E-state index is -0.728. The van der Waals surface area contributed by atoms with E-state index in [1.165, 1.54) is 0 Å². The standard InChI is InChI=1S/CH3BCl2IP/c1-2(5)6(3)4/h1H3. The van der Waals surface area contributed by atoms with Crippen LogP contribution in [0.5, 0.6) is 0 Å². The van der Waals surface area contributed by atoms with Gasteiger partial charge in [-0.2, -0.15) is 0 Å². The maximum Gasteiger partial charge on any atom is 0.279 e. The molecule has 0 fully saturated rings. The fourth-order valence-electron chi connectivity index (χ4n) is 0. The first kappa shape index (κ1) is 7.80. The zero-order chi connectivity index (χ0) is 5.15. The molecule has 0 aromatic rings. The molecule has 0 N–H and O–H groups in total. The molecule has 0 aliphatic rings. The third kappa shape index (κ3) is 3.98. The summed E-state index contributed by atoms with van der Waals surface area (Å²) in [4.78, 5) is 0. The van der Waals surface area contributed by atoms with Crippen LogP contribution in [-0.4, -0.2) is 4.29 Å². The van der Waals surface area contributed by atoms with Crippen molar-refractivity contribution in [1.29, 1.82) is 0 Å². The lowest BCUT2D eigenvalue weighted by molar-refractivity contribution is 2.37. The number of hydrogen-bond acceptors (Lipinski definition) is 0. The molecule has 0 saturated heterocycles.